The Morgan fingerprint density at radius 2 is 0.824 bits per heavy atom. The zero-order valence-corrected chi connectivity index (χ0v) is 27.9. The van der Waals surface area contributed by atoms with Crippen molar-refractivity contribution in [3.05, 3.63) is 222 Å². The van der Waals surface area contributed by atoms with E-state index in [0.717, 1.165) is 45.3 Å². The molecule has 1 aliphatic carbocycles. The molecule has 0 saturated carbocycles. The van der Waals surface area contributed by atoms with E-state index in [2.05, 4.69) is 205 Å². The minimum atomic E-state index is -0.546. The van der Waals surface area contributed by atoms with Gasteiger partial charge in [0.1, 0.15) is 11.5 Å². The van der Waals surface area contributed by atoms with E-state index >= 15 is 0 Å². The topological polar surface area (TPSA) is 12.5 Å². The second kappa shape index (κ2) is 11.8. The summed E-state index contributed by atoms with van der Waals surface area (Å²) in [7, 11) is 0. The lowest BCUT2D eigenvalue weighted by atomic mass is 9.66. The van der Waals surface area contributed by atoms with Gasteiger partial charge in [0.2, 0.25) is 0 Å². The minimum Gasteiger partial charge on any atom is -0.457 e. The zero-order chi connectivity index (χ0) is 33.8. The molecule has 0 N–H and O–H groups in total. The van der Waals surface area contributed by atoms with Gasteiger partial charge in [-0.3, -0.25) is 0 Å². The van der Waals surface area contributed by atoms with Crippen molar-refractivity contribution < 1.29 is 4.74 Å². The van der Waals surface area contributed by atoms with E-state index in [-0.39, 0.29) is 0 Å². The molecule has 2 aliphatic rings. The number of fused-ring (bicyclic) bond motifs is 9. The maximum Gasteiger partial charge on any atom is 0.132 e. The fraction of sp³-hybridized carbons (Fsp3) is 0.0204. The van der Waals surface area contributed by atoms with Gasteiger partial charge >= 0.3 is 0 Å². The molecular weight excluding hydrogens is 619 g/mol. The molecule has 2 nitrogen and oxygen atoms in total. The molecule has 1 spiro atoms. The van der Waals surface area contributed by atoms with Gasteiger partial charge in [0, 0.05) is 28.1 Å². The number of ether oxygens (including phenoxy) is 1. The first kappa shape index (κ1) is 29.3. The Balaban J connectivity index is 1.24. The SMILES string of the molecule is c1ccc(-c2ccc(N(c3ccc4c(c3)C3(c5ccccc5O4)c4ccccc4-c4ccccc43)c3ccccc3-c3ccccc3)cc2)cc1. The van der Waals surface area contributed by atoms with Gasteiger partial charge in [-0.2, -0.15) is 0 Å². The van der Waals surface area contributed by atoms with Gasteiger partial charge in [0.15, 0.2) is 0 Å². The van der Waals surface area contributed by atoms with Gasteiger partial charge in [0.25, 0.3) is 0 Å². The minimum absolute atomic E-state index is 0.546. The third kappa shape index (κ3) is 4.50. The molecule has 0 amide bonds. The lowest BCUT2D eigenvalue weighted by Crippen LogP contribution is -2.32. The summed E-state index contributed by atoms with van der Waals surface area (Å²) in [6.07, 6.45) is 0. The van der Waals surface area contributed by atoms with Gasteiger partial charge < -0.3 is 9.64 Å². The average Bonchev–Trinajstić information content (AvgIpc) is 3.50. The molecule has 0 fully saturated rings. The highest BCUT2D eigenvalue weighted by Gasteiger charge is 2.51. The first-order chi connectivity index (χ1) is 25.3. The van der Waals surface area contributed by atoms with E-state index in [9.17, 15) is 0 Å². The molecule has 0 aromatic heterocycles. The third-order valence-corrected chi connectivity index (χ3v) is 10.6. The van der Waals surface area contributed by atoms with Crippen LogP contribution in [0, 0.1) is 0 Å². The van der Waals surface area contributed by atoms with Crippen LogP contribution in [-0.2, 0) is 5.41 Å². The molecule has 10 rings (SSSR count). The predicted molar refractivity (Wildman–Crippen MR) is 209 cm³/mol. The first-order valence-electron chi connectivity index (χ1n) is 17.5. The normalized spacial score (nSPS) is 13.0. The standard InChI is InChI=1S/C49H33NO/c1-3-15-34(16-4-1)35-27-29-37(30-28-35)50(46-25-13-9-19-39(46)36-17-5-2-6-18-36)38-31-32-48-45(33-38)49(44-24-12-14-26-47(44)51-48)42-22-10-7-20-40(42)41-21-8-11-23-43(41)49/h1-33H. The Labute approximate surface area is 298 Å². The average molecular weight is 652 g/mol. The van der Waals surface area contributed by atoms with Crippen molar-refractivity contribution in [1.29, 1.82) is 0 Å². The summed E-state index contributed by atoms with van der Waals surface area (Å²) in [6, 6.07) is 72.0. The van der Waals surface area contributed by atoms with Crippen LogP contribution in [0.4, 0.5) is 17.1 Å². The zero-order valence-electron chi connectivity index (χ0n) is 27.9. The van der Waals surface area contributed by atoms with E-state index in [4.69, 9.17) is 4.74 Å². The van der Waals surface area contributed by atoms with Crippen LogP contribution in [0.1, 0.15) is 22.3 Å². The quantitative estimate of drug-likeness (QED) is 0.184. The van der Waals surface area contributed by atoms with Crippen LogP contribution in [0.3, 0.4) is 0 Å². The number of hydrogen-bond donors (Lipinski definition) is 0. The molecule has 0 radical (unpaired) electrons. The highest BCUT2D eigenvalue weighted by molar-refractivity contribution is 5.92. The second-order valence-electron chi connectivity index (χ2n) is 13.3. The number of hydrogen-bond acceptors (Lipinski definition) is 2. The number of rotatable bonds is 5. The summed E-state index contributed by atoms with van der Waals surface area (Å²) in [4.78, 5) is 2.40. The van der Waals surface area contributed by atoms with Crippen LogP contribution in [0.5, 0.6) is 11.5 Å². The lowest BCUT2D eigenvalue weighted by molar-refractivity contribution is 0.436. The lowest BCUT2D eigenvalue weighted by Gasteiger charge is -2.40. The molecule has 8 aromatic carbocycles. The van der Waals surface area contributed by atoms with E-state index in [1.54, 1.807) is 0 Å². The summed E-state index contributed by atoms with van der Waals surface area (Å²) >= 11 is 0. The summed E-state index contributed by atoms with van der Waals surface area (Å²) in [5, 5.41) is 0. The Morgan fingerprint density at radius 1 is 0.333 bits per heavy atom. The van der Waals surface area contributed by atoms with Gasteiger partial charge in [-0.25, -0.2) is 0 Å². The molecule has 0 atom stereocenters. The number of anilines is 3. The second-order valence-corrected chi connectivity index (χ2v) is 13.3. The molecule has 1 aliphatic heterocycles. The fourth-order valence-electron chi connectivity index (χ4n) is 8.37. The van der Waals surface area contributed by atoms with Crippen molar-refractivity contribution in [2.75, 3.05) is 4.90 Å². The third-order valence-electron chi connectivity index (χ3n) is 10.6. The summed E-state index contributed by atoms with van der Waals surface area (Å²) in [5.41, 5.74) is 14.8. The van der Waals surface area contributed by atoms with Crippen LogP contribution in [-0.4, -0.2) is 0 Å². The van der Waals surface area contributed by atoms with E-state index in [1.165, 1.54) is 38.9 Å². The Morgan fingerprint density at radius 3 is 1.51 bits per heavy atom. The van der Waals surface area contributed by atoms with Crippen molar-refractivity contribution in [1.82, 2.24) is 0 Å². The highest BCUT2D eigenvalue weighted by atomic mass is 16.5. The maximum atomic E-state index is 6.78. The molecule has 2 heteroatoms. The van der Waals surface area contributed by atoms with Crippen molar-refractivity contribution in [3.63, 3.8) is 0 Å². The number of para-hydroxylation sites is 2. The molecule has 0 saturated heterocycles. The molecule has 1 heterocycles. The monoisotopic (exact) mass is 651 g/mol. The molecule has 0 bridgehead atoms. The summed E-state index contributed by atoms with van der Waals surface area (Å²) in [6.45, 7) is 0. The van der Waals surface area contributed by atoms with Gasteiger partial charge in [0.05, 0.1) is 11.1 Å². The van der Waals surface area contributed by atoms with E-state index in [1.807, 2.05) is 0 Å². The highest BCUT2D eigenvalue weighted by Crippen LogP contribution is 2.62. The molecule has 8 aromatic rings. The summed E-state index contributed by atoms with van der Waals surface area (Å²) in [5.74, 6) is 1.77. The van der Waals surface area contributed by atoms with Gasteiger partial charge in [-0.05, 0) is 81.4 Å². The van der Waals surface area contributed by atoms with Crippen LogP contribution in [0.2, 0.25) is 0 Å². The van der Waals surface area contributed by atoms with Crippen molar-refractivity contribution in [3.8, 4) is 44.9 Å². The smallest absolute Gasteiger partial charge is 0.132 e. The van der Waals surface area contributed by atoms with Crippen LogP contribution < -0.4 is 9.64 Å². The van der Waals surface area contributed by atoms with Crippen LogP contribution >= 0.6 is 0 Å². The number of nitrogens with zero attached hydrogens (tertiary/aromatic N) is 1. The van der Waals surface area contributed by atoms with Crippen molar-refractivity contribution in [2.45, 2.75) is 5.41 Å². The molecule has 0 unspecified atom stereocenters. The van der Waals surface area contributed by atoms with Crippen molar-refractivity contribution >= 4 is 17.1 Å². The fourth-order valence-corrected chi connectivity index (χ4v) is 8.37. The largest absolute Gasteiger partial charge is 0.457 e. The molecular formula is C49H33NO. The van der Waals surface area contributed by atoms with E-state index in [0.29, 0.717) is 0 Å². The van der Waals surface area contributed by atoms with Crippen LogP contribution in [0.15, 0.2) is 200 Å². The Hall–Kier alpha value is -6.64. The van der Waals surface area contributed by atoms with Crippen LogP contribution in [0.25, 0.3) is 33.4 Å². The maximum absolute atomic E-state index is 6.78. The Bertz CT molecular complexity index is 2510. The number of benzene rings is 8. The van der Waals surface area contributed by atoms with Crippen molar-refractivity contribution in [2.24, 2.45) is 0 Å². The molecule has 51 heavy (non-hydrogen) atoms. The first-order valence-corrected chi connectivity index (χ1v) is 17.5. The predicted octanol–water partition coefficient (Wildman–Crippen LogP) is 13.0. The van der Waals surface area contributed by atoms with Gasteiger partial charge in [-0.15, -0.1) is 0 Å². The van der Waals surface area contributed by atoms with E-state index < -0.39 is 5.41 Å². The molecule has 240 valence electrons. The summed E-state index contributed by atoms with van der Waals surface area (Å²) < 4.78 is 6.78. The Kier molecular flexibility index (Phi) is 6.75. The van der Waals surface area contributed by atoms with Gasteiger partial charge in [-0.1, -0.05) is 158 Å².